The van der Waals surface area contributed by atoms with Crippen molar-refractivity contribution >= 4 is 28.5 Å². The first-order valence-corrected chi connectivity index (χ1v) is 11.4. The first-order chi connectivity index (χ1) is 16.8. The molecule has 0 aliphatic rings. The second kappa shape index (κ2) is 9.68. The standard InChI is InChI=1S/C25H24ClN7O2/c1-6-35-23-17(15(3)33-24-19(14(2)31-33)12-28-13-30-24)9-20(26)18(10-27)22(23)16-7-8-21(29-11-16)25(34)32(4)5/h7-9,11-13,15H,6H2,1-5H3. The molecule has 10 heteroatoms. The normalized spacial score (nSPS) is 11.8. The summed E-state index contributed by atoms with van der Waals surface area (Å²) in [6.07, 6.45) is 4.77. The minimum atomic E-state index is -0.325. The summed E-state index contributed by atoms with van der Waals surface area (Å²) in [6.45, 7) is 6.11. The van der Waals surface area contributed by atoms with E-state index in [1.807, 2.05) is 20.8 Å². The molecule has 9 nitrogen and oxygen atoms in total. The summed E-state index contributed by atoms with van der Waals surface area (Å²) in [4.78, 5) is 26.6. The summed E-state index contributed by atoms with van der Waals surface area (Å²) < 4.78 is 7.91. The highest BCUT2D eigenvalue weighted by Gasteiger charge is 2.26. The van der Waals surface area contributed by atoms with Gasteiger partial charge in [0.25, 0.3) is 5.91 Å². The van der Waals surface area contributed by atoms with Gasteiger partial charge in [0.05, 0.1) is 34.3 Å². The van der Waals surface area contributed by atoms with E-state index in [9.17, 15) is 10.1 Å². The average molecular weight is 490 g/mol. The van der Waals surface area contributed by atoms with Gasteiger partial charge in [-0.1, -0.05) is 17.7 Å². The Balaban J connectivity index is 1.93. The molecule has 0 saturated carbocycles. The molecule has 0 saturated heterocycles. The number of fused-ring (bicyclic) bond motifs is 1. The predicted octanol–water partition coefficient (Wildman–Crippen LogP) is 4.43. The number of carbonyl (C=O) groups excluding carboxylic acids is 1. The molecule has 1 unspecified atom stereocenters. The van der Waals surface area contributed by atoms with E-state index < -0.39 is 0 Å². The molecule has 4 rings (SSSR count). The molecule has 0 spiro atoms. The number of halogens is 1. The van der Waals surface area contributed by atoms with Crippen molar-refractivity contribution in [2.24, 2.45) is 0 Å². The molecule has 0 fully saturated rings. The molecule has 0 aliphatic carbocycles. The number of benzene rings is 1. The molecule has 3 aromatic heterocycles. The zero-order chi connectivity index (χ0) is 25.3. The Hall–Kier alpha value is -4.03. The zero-order valence-electron chi connectivity index (χ0n) is 20.1. The SMILES string of the molecule is CCOc1c(C(C)n2nc(C)c3cncnc32)cc(Cl)c(C#N)c1-c1ccc(C(=O)N(C)C)nc1. The average Bonchev–Trinajstić information content (AvgIpc) is 3.20. The summed E-state index contributed by atoms with van der Waals surface area (Å²) >= 11 is 6.62. The number of pyridine rings is 1. The van der Waals surface area contributed by atoms with Gasteiger partial charge in [0.2, 0.25) is 0 Å². The first-order valence-electron chi connectivity index (χ1n) is 11.0. The van der Waals surface area contributed by atoms with Crippen LogP contribution in [0, 0.1) is 18.3 Å². The maximum Gasteiger partial charge on any atom is 0.271 e. The Morgan fingerprint density at radius 2 is 2.06 bits per heavy atom. The quantitative estimate of drug-likeness (QED) is 0.394. The maximum absolute atomic E-state index is 12.3. The fourth-order valence-electron chi connectivity index (χ4n) is 3.97. The van der Waals surface area contributed by atoms with Crippen molar-refractivity contribution in [2.45, 2.75) is 26.8 Å². The number of rotatable bonds is 6. The van der Waals surface area contributed by atoms with Gasteiger partial charge in [-0.3, -0.25) is 9.78 Å². The monoisotopic (exact) mass is 489 g/mol. The molecule has 35 heavy (non-hydrogen) atoms. The van der Waals surface area contributed by atoms with Gasteiger partial charge in [-0.15, -0.1) is 0 Å². The zero-order valence-corrected chi connectivity index (χ0v) is 20.8. The van der Waals surface area contributed by atoms with Crippen molar-refractivity contribution < 1.29 is 9.53 Å². The summed E-state index contributed by atoms with van der Waals surface area (Å²) in [6, 6.07) is 6.98. The fourth-order valence-corrected chi connectivity index (χ4v) is 4.22. The molecule has 3 heterocycles. The molecular formula is C25H24ClN7O2. The lowest BCUT2D eigenvalue weighted by Gasteiger charge is -2.22. The molecule has 1 atom stereocenters. The minimum absolute atomic E-state index is 0.217. The lowest BCUT2D eigenvalue weighted by Crippen LogP contribution is -2.22. The van der Waals surface area contributed by atoms with Crippen LogP contribution >= 0.6 is 11.6 Å². The summed E-state index contributed by atoms with van der Waals surface area (Å²) in [7, 11) is 3.32. The number of aryl methyl sites for hydroxylation is 1. The van der Waals surface area contributed by atoms with Crippen LogP contribution in [0.15, 0.2) is 36.9 Å². The van der Waals surface area contributed by atoms with Crippen molar-refractivity contribution in [3.05, 3.63) is 64.5 Å². The van der Waals surface area contributed by atoms with Crippen LogP contribution in [-0.2, 0) is 0 Å². The predicted molar refractivity (Wildman–Crippen MR) is 132 cm³/mol. The van der Waals surface area contributed by atoms with E-state index in [0.29, 0.717) is 34.8 Å². The smallest absolute Gasteiger partial charge is 0.271 e. The van der Waals surface area contributed by atoms with Crippen molar-refractivity contribution in [1.82, 2.24) is 29.6 Å². The highest BCUT2D eigenvalue weighted by molar-refractivity contribution is 6.32. The van der Waals surface area contributed by atoms with E-state index in [-0.39, 0.29) is 22.5 Å². The van der Waals surface area contributed by atoms with Crippen molar-refractivity contribution in [1.29, 1.82) is 5.26 Å². The van der Waals surface area contributed by atoms with Gasteiger partial charge in [0.1, 0.15) is 23.8 Å². The highest BCUT2D eigenvalue weighted by atomic mass is 35.5. The summed E-state index contributed by atoms with van der Waals surface area (Å²) in [5.41, 5.74) is 3.91. The van der Waals surface area contributed by atoms with Crippen molar-refractivity contribution in [2.75, 3.05) is 20.7 Å². The third kappa shape index (κ3) is 4.29. The number of hydrogen-bond acceptors (Lipinski definition) is 7. The van der Waals surface area contributed by atoms with Crippen LogP contribution in [0.4, 0.5) is 0 Å². The van der Waals surface area contributed by atoms with Crippen LogP contribution in [0.25, 0.3) is 22.2 Å². The molecule has 1 aromatic carbocycles. The number of nitriles is 1. The van der Waals surface area contributed by atoms with Crippen molar-refractivity contribution in [3.8, 4) is 22.9 Å². The number of nitrogens with zero attached hydrogens (tertiary/aromatic N) is 7. The van der Waals surface area contributed by atoms with Crippen LogP contribution in [0.1, 0.15) is 47.2 Å². The van der Waals surface area contributed by atoms with Crippen molar-refractivity contribution in [3.63, 3.8) is 0 Å². The first kappa shape index (κ1) is 24.1. The third-order valence-electron chi connectivity index (χ3n) is 5.71. The van der Waals surface area contributed by atoms with Gasteiger partial charge in [0, 0.05) is 43.2 Å². The van der Waals surface area contributed by atoms with E-state index in [1.165, 1.54) is 11.2 Å². The largest absolute Gasteiger partial charge is 0.493 e. The Labute approximate surface area is 208 Å². The molecule has 4 aromatic rings. The van der Waals surface area contributed by atoms with Gasteiger partial charge < -0.3 is 9.64 Å². The van der Waals surface area contributed by atoms with Crippen LogP contribution in [0.5, 0.6) is 5.75 Å². The Morgan fingerprint density at radius 3 is 2.69 bits per heavy atom. The topological polar surface area (TPSA) is 110 Å². The Bertz CT molecular complexity index is 1460. The molecule has 178 valence electrons. The molecular weight excluding hydrogens is 466 g/mol. The lowest BCUT2D eigenvalue weighted by atomic mass is 9.94. The highest BCUT2D eigenvalue weighted by Crippen LogP contribution is 2.43. The summed E-state index contributed by atoms with van der Waals surface area (Å²) in [5, 5.41) is 15.8. The van der Waals surface area contributed by atoms with Crippen LogP contribution in [-0.4, -0.2) is 56.2 Å². The van der Waals surface area contributed by atoms with Crippen LogP contribution < -0.4 is 4.74 Å². The van der Waals surface area contributed by atoms with Gasteiger partial charge >= 0.3 is 0 Å². The number of carbonyl (C=O) groups is 1. The van der Waals surface area contributed by atoms with Crippen LogP contribution in [0.3, 0.4) is 0 Å². The molecule has 1 amide bonds. The molecule has 0 aliphatic heterocycles. The van der Waals surface area contributed by atoms with E-state index >= 15 is 0 Å². The van der Waals surface area contributed by atoms with Crippen LogP contribution in [0.2, 0.25) is 5.02 Å². The van der Waals surface area contributed by atoms with Gasteiger partial charge in [-0.25, -0.2) is 14.6 Å². The van der Waals surface area contributed by atoms with Gasteiger partial charge in [-0.2, -0.15) is 10.4 Å². The number of hydrogen-bond donors (Lipinski definition) is 0. The Morgan fingerprint density at radius 1 is 1.29 bits per heavy atom. The number of ether oxygens (including phenoxy) is 1. The Kier molecular flexibility index (Phi) is 6.67. The van der Waals surface area contributed by atoms with E-state index in [4.69, 9.17) is 16.3 Å². The van der Waals surface area contributed by atoms with E-state index in [2.05, 4.69) is 26.1 Å². The molecule has 0 bridgehead atoms. The maximum atomic E-state index is 12.3. The molecule has 0 radical (unpaired) electrons. The molecule has 0 N–H and O–H groups in total. The second-order valence-electron chi connectivity index (χ2n) is 8.17. The fraction of sp³-hybridized carbons (Fsp3) is 0.280. The number of amides is 1. The number of aromatic nitrogens is 5. The third-order valence-corrected chi connectivity index (χ3v) is 6.01. The van der Waals surface area contributed by atoms with Gasteiger partial charge in [0.15, 0.2) is 5.65 Å². The van der Waals surface area contributed by atoms with E-state index in [1.54, 1.807) is 49.4 Å². The van der Waals surface area contributed by atoms with E-state index in [0.717, 1.165) is 16.6 Å². The second-order valence-corrected chi connectivity index (χ2v) is 8.58. The van der Waals surface area contributed by atoms with Gasteiger partial charge in [-0.05, 0) is 32.9 Å². The summed E-state index contributed by atoms with van der Waals surface area (Å²) in [5.74, 6) is 0.287. The minimum Gasteiger partial charge on any atom is -0.493 e. The lowest BCUT2D eigenvalue weighted by molar-refractivity contribution is 0.0822.